The fraction of sp³-hybridized carbons (Fsp3) is 0.333. The molecule has 2 N–H and O–H groups in total. The summed E-state index contributed by atoms with van der Waals surface area (Å²) in [7, 11) is 1.66. The van der Waals surface area contributed by atoms with Crippen molar-refractivity contribution in [2.75, 3.05) is 20.8 Å². The Balaban J connectivity index is 1.58. The van der Waals surface area contributed by atoms with E-state index in [1.807, 2.05) is 72.8 Å². The molecule has 3 atom stereocenters. The molecule has 0 aliphatic carbocycles. The van der Waals surface area contributed by atoms with Gasteiger partial charge in [0.25, 0.3) is 5.56 Å². The van der Waals surface area contributed by atoms with E-state index in [1.54, 1.807) is 21.1 Å². The second-order valence-corrected chi connectivity index (χ2v) is 17.2. The number of aliphatic hydroxyl groups excluding tert-OH is 1. The fourth-order valence-electron chi connectivity index (χ4n) is 5.49. The normalized spacial score (nSPS) is 18.1. The molecular weight excluding hydrogens is 600 g/mol. The van der Waals surface area contributed by atoms with Gasteiger partial charge < -0.3 is 24.1 Å². The summed E-state index contributed by atoms with van der Waals surface area (Å²) in [6.07, 6.45) is -0.850. The average molecular weight is 641 g/mol. The number of rotatable bonds is 9. The summed E-state index contributed by atoms with van der Waals surface area (Å²) in [6, 6.07) is 23.4. The van der Waals surface area contributed by atoms with Crippen molar-refractivity contribution in [2.24, 2.45) is 0 Å². The Labute approximate surface area is 269 Å². The molecule has 1 aromatic heterocycles. The predicted molar refractivity (Wildman–Crippen MR) is 179 cm³/mol. The van der Waals surface area contributed by atoms with Crippen molar-refractivity contribution in [2.45, 2.75) is 57.0 Å². The first-order valence-electron chi connectivity index (χ1n) is 15.2. The van der Waals surface area contributed by atoms with E-state index in [0.717, 1.165) is 22.3 Å². The fourth-order valence-corrected chi connectivity index (χ4v) is 6.01. The van der Waals surface area contributed by atoms with E-state index in [1.165, 1.54) is 10.8 Å². The van der Waals surface area contributed by atoms with Crippen LogP contribution in [0, 0.1) is 18.4 Å². The smallest absolute Gasteiger partial charge is 0.330 e. The number of benzene rings is 3. The second kappa shape index (κ2) is 13.5. The molecule has 4 aromatic rings. The van der Waals surface area contributed by atoms with Crippen molar-refractivity contribution in [3.8, 4) is 23.0 Å². The molecule has 5 rings (SSSR count). The minimum absolute atomic E-state index is 0.00993. The summed E-state index contributed by atoms with van der Waals surface area (Å²) < 4.78 is 25.4. The summed E-state index contributed by atoms with van der Waals surface area (Å²) in [6.45, 7) is 8.22. The number of aromatic amines is 1. The Kier molecular flexibility index (Phi) is 9.70. The highest BCUT2D eigenvalue weighted by molar-refractivity contribution is 6.83. The number of ether oxygens (including phenoxy) is 4. The highest BCUT2D eigenvalue weighted by Gasteiger charge is 2.42. The summed E-state index contributed by atoms with van der Waals surface area (Å²) in [5.41, 5.74) is 5.00. The maximum atomic E-state index is 12.6. The lowest BCUT2D eigenvalue weighted by molar-refractivity contribution is -0.0944. The zero-order valence-electron chi connectivity index (χ0n) is 27.0. The molecule has 0 unspecified atom stereocenters. The number of hydrogen-bond acceptors (Lipinski definition) is 7. The van der Waals surface area contributed by atoms with Crippen LogP contribution in [0.4, 0.5) is 0 Å². The van der Waals surface area contributed by atoms with Crippen LogP contribution in [0.1, 0.15) is 40.5 Å². The van der Waals surface area contributed by atoms with E-state index in [-0.39, 0.29) is 13.0 Å². The third kappa shape index (κ3) is 7.03. The van der Waals surface area contributed by atoms with Gasteiger partial charge in [-0.3, -0.25) is 14.3 Å². The van der Waals surface area contributed by atoms with Crippen LogP contribution in [0.15, 0.2) is 88.6 Å². The van der Waals surface area contributed by atoms with Gasteiger partial charge in [0.15, 0.2) is 0 Å². The lowest BCUT2D eigenvalue weighted by Gasteiger charge is -2.37. The van der Waals surface area contributed by atoms with Gasteiger partial charge in [-0.2, -0.15) is 0 Å². The van der Waals surface area contributed by atoms with Crippen molar-refractivity contribution in [1.29, 1.82) is 0 Å². The molecule has 0 spiro atoms. The van der Waals surface area contributed by atoms with Crippen LogP contribution >= 0.6 is 0 Å². The van der Waals surface area contributed by atoms with Crippen molar-refractivity contribution in [3.05, 3.63) is 128 Å². The minimum atomic E-state index is -1.57. The van der Waals surface area contributed by atoms with E-state index in [0.29, 0.717) is 17.1 Å². The van der Waals surface area contributed by atoms with Crippen molar-refractivity contribution in [3.63, 3.8) is 0 Å². The molecular formula is C36H40N2O7Si. The standard InChI is InChI=1S/C36H40N2O7Si/c1-24-22-38(35(41)37-34(24)40)33-21-31(39)32(45-33)23-44-36(27-11-15-29(42-2)16-12-27,28-13-17-30(43-3)18-14-28)26-9-7-25(8-10-26)19-20-46(4,5)6/h7-18,22,31-33,39H,21,23H2,1-6H3,(H,37,40,41)/t31-,32+,33+/m0/s1. The van der Waals surface area contributed by atoms with Gasteiger partial charge in [-0.1, -0.05) is 62.0 Å². The second-order valence-electron chi connectivity index (χ2n) is 12.4. The number of methoxy groups -OCH3 is 2. The Morgan fingerprint density at radius 3 is 1.93 bits per heavy atom. The summed E-state index contributed by atoms with van der Waals surface area (Å²) >= 11 is 0. The molecule has 10 heteroatoms. The monoisotopic (exact) mass is 640 g/mol. The predicted octanol–water partition coefficient (Wildman–Crippen LogP) is 4.75. The lowest BCUT2D eigenvalue weighted by Crippen LogP contribution is -2.38. The number of hydrogen-bond donors (Lipinski definition) is 2. The van der Waals surface area contributed by atoms with Gasteiger partial charge >= 0.3 is 5.69 Å². The number of nitrogens with zero attached hydrogens (tertiary/aromatic N) is 1. The van der Waals surface area contributed by atoms with Crippen LogP contribution in [0.25, 0.3) is 0 Å². The van der Waals surface area contributed by atoms with Crippen LogP contribution in [0.2, 0.25) is 19.6 Å². The summed E-state index contributed by atoms with van der Waals surface area (Å²) in [4.78, 5) is 26.8. The molecule has 1 aliphatic rings. The lowest BCUT2D eigenvalue weighted by atomic mass is 9.79. The number of nitrogens with one attached hydrogen (secondary N) is 1. The van der Waals surface area contributed by atoms with Gasteiger partial charge in [-0.05, 0) is 60.0 Å². The molecule has 240 valence electrons. The highest BCUT2D eigenvalue weighted by Crippen LogP contribution is 2.43. The number of aliphatic hydroxyl groups is 1. The Morgan fingerprint density at radius 2 is 1.43 bits per heavy atom. The Hall–Kier alpha value is -4.40. The van der Waals surface area contributed by atoms with Gasteiger partial charge in [-0.15, -0.1) is 5.54 Å². The van der Waals surface area contributed by atoms with E-state index in [9.17, 15) is 14.7 Å². The zero-order valence-corrected chi connectivity index (χ0v) is 28.0. The summed E-state index contributed by atoms with van der Waals surface area (Å²) in [5.74, 6) is 4.72. The molecule has 3 aromatic carbocycles. The summed E-state index contributed by atoms with van der Waals surface area (Å²) in [5, 5.41) is 11.1. The van der Waals surface area contributed by atoms with E-state index in [2.05, 4.69) is 36.1 Å². The first-order valence-corrected chi connectivity index (χ1v) is 18.7. The van der Waals surface area contributed by atoms with Crippen molar-refractivity contribution in [1.82, 2.24) is 9.55 Å². The van der Waals surface area contributed by atoms with Crippen LogP contribution in [-0.2, 0) is 15.1 Å². The minimum Gasteiger partial charge on any atom is -0.497 e. The molecule has 0 bridgehead atoms. The molecule has 1 saturated heterocycles. The third-order valence-corrected chi connectivity index (χ3v) is 8.87. The molecule has 9 nitrogen and oxygen atoms in total. The first-order chi connectivity index (χ1) is 21.9. The molecule has 0 radical (unpaired) electrons. The van der Waals surface area contributed by atoms with Crippen LogP contribution in [0.5, 0.6) is 11.5 Å². The maximum Gasteiger partial charge on any atom is 0.330 e. The zero-order chi connectivity index (χ0) is 33.1. The number of H-pyrrole nitrogens is 1. The van der Waals surface area contributed by atoms with Gasteiger partial charge in [0, 0.05) is 23.7 Å². The third-order valence-electron chi connectivity index (χ3n) is 7.99. The van der Waals surface area contributed by atoms with Crippen molar-refractivity contribution < 1.29 is 24.1 Å². The Morgan fingerprint density at radius 1 is 0.913 bits per heavy atom. The van der Waals surface area contributed by atoms with E-state index < -0.39 is 43.4 Å². The van der Waals surface area contributed by atoms with Gasteiger partial charge in [0.2, 0.25) is 0 Å². The molecule has 0 amide bonds. The van der Waals surface area contributed by atoms with Crippen LogP contribution in [-0.4, -0.2) is 55.8 Å². The SMILES string of the molecule is COc1ccc(C(OC[C@H]2O[C@@H](n3cc(C)c(=O)[nH]c3=O)C[C@@H]2O)(c2ccc(C#C[Si](C)(C)C)cc2)c2ccc(OC)cc2)cc1. The van der Waals surface area contributed by atoms with Crippen LogP contribution < -0.4 is 20.7 Å². The first kappa shape index (κ1) is 33.0. The molecule has 0 saturated carbocycles. The molecule has 1 aliphatic heterocycles. The molecule has 46 heavy (non-hydrogen) atoms. The highest BCUT2D eigenvalue weighted by atomic mass is 28.3. The topological polar surface area (TPSA) is 112 Å². The molecule has 2 heterocycles. The van der Waals surface area contributed by atoms with E-state index >= 15 is 0 Å². The average Bonchev–Trinajstić information content (AvgIpc) is 3.42. The van der Waals surface area contributed by atoms with Gasteiger partial charge in [0.05, 0.1) is 26.9 Å². The van der Waals surface area contributed by atoms with Crippen molar-refractivity contribution >= 4 is 8.07 Å². The van der Waals surface area contributed by atoms with Gasteiger partial charge in [0.1, 0.15) is 37.5 Å². The maximum absolute atomic E-state index is 12.6. The number of aromatic nitrogens is 2. The van der Waals surface area contributed by atoms with Gasteiger partial charge in [-0.25, -0.2) is 4.79 Å². The quantitative estimate of drug-likeness (QED) is 0.154. The van der Waals surface area contributed by atoms with Crippen LogP contribution in [0.3, 0.4) is 0 Å². The Bertz CT molecular complexity index is 1780. The largest absolute Gasteiger partial charge is 0.497 e. The number of aryl methyl sites for hydroxylation is 1. The molecule has 1 fully saturated rings. The van der Waals surface area contributed by atoms with E-state index in [4.69, 9.17) is 18.9 Å².